The minimum Gasteiger partial charge on any atom is -0.369 e. The molecule has 2 heterocycles. The van der Waals surface area contributed by atoms with Crippen molar-refractivity contribution in [3.8, 4) is 0 Å². The van der Waals surface area contributed by atoms with E-state index in [4.69, 9.17) is 11.6 Å². The third-order valence-corrected chi connectivity index (χ3v) is 1.82. The maximum atomic E-state index is 11.1. The number of rotatable bonds is 0. The standard InChI is InChI=1S/C6H6ClN3O/c7-4-3-5-8-1-2-10(5)6(11)9-4/h3,8H,1-2H2. The third-order valence-electron chi connectivity index (χ3n) is 1.62. The van der Waals surface area contributed by atoms with Gasteiger partial charge in [0.25, 0.3) is 0 Å². The van der Waals surface area contributed by atoms with Gasteiger partial charge >= 0.3 is 5.69 Å². The lowest BCUT2D eigenvalue weighted by molar-refractivity contribution is 0.743. The van der Waals surface area contributed by atoms with Gasteiger partial charge in [0.2, 0.25) is 0 Å². The van der Waals surface area contributed by atoms with Crippen LogP contribution in [0.5, 0.6) is 0 Å². The molecule has 0 radical (unpaired) electrons. The van der Waals surface area contributed by atoms with E-state index in [1.807, 2.05) is 0 Å². The molecule has 0 atom stereocenters. The number of nitrogens with one attached hydrogen (secondary N) is 1. The van der Waals surface area contributed by atoms with E-state index in [-0.39, 0.29) is 10.8 Å². The fourth-order valence-corrected chi connectivity index (χ4v) is 1.31. The number of aromatic nitrogens is 2. The van der Waals surface area contributed by atoms with E-state index >= 15 is 0 Å². The first-order chi connectivity index (χ1) is 5.27. The lowest BCUT2D eigenvalue weighted by atomic mass is 10.6. The van der Waals surface area contributed by atoms with Crippen LogP contribution in [0.25, 0.3) is 0 Å². The molecule has 2 rings (SSSR count). The summed E-state index contributed by atoms with van der Waals surface area (Å²) in [6.45, 7) is 1.45. The summed E-state index contributed by atoms with van der Waals surface area (Å²) in [5, 5.41) is 3.27. The Hall–Kier alpha value is -1.03. The van der Waals surface area contributed by atoms with Crippen LogP contribution in [0.1, 0.15) is 0 Å². The van der Waals surface area contributed by atoms with Crippen LogP contribution < -0.4 is 11.0 Å². The van der Waals surface area contributed by atoms with Crippen molar-refractivity contribution in [3.63, 3.8) is 0 Å². The molecule has 0 amide bonds. The summed E-state index contributed by atoms with van der Waals surface area (Å²) >= 11 is 5.56. The van der Waals surface area contributed by atoms with E-state index in [1.54, 1.807) is 10.6 Å². The highest BCUT2D eigenvalue weighted by molar-refractivity contribution is 6.29. The minimum absolute atomic E-state index is 0.246. The highest BCUT2D eigenvalue weighted by Crippen LogP contribution is 2.13. The molecule has 0 aliphatic carbocycles. The summed E-state index contributed by atoms with van der Waals surface area (Å²) in [5.74, 6) is 0.759. The Morgan fingerprint density at radius 1 is 1.73 bits per heavy atom. The Balaban J connectivity index is 2.70. The number of hydrogen-bond donors (Lipinski definition) is 1. The Kier molecular flexibility index (Phi) is 1.35. The fraction of sp³-hybridized carbons (Fsp3) is 0.333. The van der Waals surface area contributed by atoms with E-state index in [1.165, 1.54) is 0 Å². The monoisotopic (exact) mass is 171 g/mol. The zero-order chi connectivity index (χ0) is 7.84. The normalized spacial score (nSPS) is 14.3. The number of nitrogens with zero attached hydrogens (tertiary/aromatic N) is 2. The summed E-state index contributed by atoms with van der Waals surface area (Å²) in [6.07, 6.45) is 0. The summed E-state index contributed by atoms with van der Waals surface area (Å²) in [7, 11) is 0. The first-order valence-electron chi connectivity index (χ1n) is 3.28. The van der Waals surface area contributed by atoms with Gasteiger partial charge < -0.3 is 5.32 Å². The van der Waals surface area contributed by atoms with E-state index in [9.17, 15) is 4.79 Å². The maximum absolute atomic E-state index is 11.1. The topological polar surface area (TPSA) is 46.9 Å². The molecule has 0 saturated heterocycles. The van der Waals surface area contributed by atoms with Crippen molar-refractivity contribution >= 4 is 17.4 Å². The Labute approximate surface area is 67.8 Å². The molecule has 0 fully saturated rings. The first kappa shape index (κ1) is 6.67. The second-order valence-corrected chi connectivity index (χ2v) is 2.71. The van der Waals surface area contributed by atoms with E-state index in [2.05, 4.69) is 10.3 Å². The van der Waals surface area contributed by atoms with Crippen LogP contribution in [0.4, 0.5) is 5.82 Å². The molecule has 4 nitrogen and oxygen atoms in total. The Morgan fingerprint density at radius 3 is 3.36 bits per heavy atom. The molecule has 58 valence electrons. The van der Waals surface area contributed by atoms with Crippen LogP contribution in [0.15, 0.2) is 10.9 Å². The number of fused-ring (bicyclic) bond motifs is 1. The van der Waals surface area contributed by atoms with E-state index < -0.39 is 0 Å². The van der Waals surface area contributed by atoms with Crippen LogP contribution >= 0.6 is 11.6 Å². The SMILES string of the molecule is O=c1nc(Cl)cc2n1CCN2. The zero-order valence-electron chi connectivity index (χ0n) is 5.67. The van der Waals surface area contributed by atoms with Crippen LogP contribution in [0.2, 0.25) is 5.15 Å². The van der Waals surface area contributed by atoms with Crippen molar-refractivity contribution < 1.29 is 0 Å². The van der Waals surface area contributed by atoms with Crippen molar-refractivity contribution in [3.05, 3.63) is 21.7 Å². The number of anilines is 1. The molecule has 1 aliphatic rings. The maximum Gasteiger partial charge on any atom is 0.350 e. The first-order valence-corrected chi connectivity index (χ1v) is 3.66. The fourth-order valence-electron chi connectivity index (χ4n) is 1.14. The van der Waals surface area contributed by atoms with Crippen LogP contribution in [-0.4, -0.2) is 16.1 Å². The number of halogens is 1. The highest BCUT2D eigenvalue weighted by Gasteiger charge is 2.11. The summed E-state index contributed by atoms with van der Waals surface area (Å²) in [4.78, 5) is 14.6. The highest BCUT2D eigenvalue weighted by atomic mass is 35.5. The van der Waals surface area contributed by atoms with Gasteiger partial charge in [-0.25, -0.2) is 4.79 Å². The van der Waals surface area contributed by atoms with Crippen molar-refractivity contribution in [1.29, 1.82) is 0 Å². The Morgan fingerprint density at radius 2 is 2.55 bits per heavy atom. The van der Waals surface area contributed by atoms with Crippen molar-refractivity contribution in [2.75, 3.05) is 11.9 Å². The van der Waals surface area contributed by atoms with Gasteiger partial charge in [-0.05, 0) is 0 Å². The molecule has 1 aliphatic heterocycles. The third kappa shape index (κ3) is 0.991. The quantitative estimate of drug-likeness (QED) is 0.572. The van der Waals surface area contributed by atoms with Gasteiger partial charge in [0, 0.05) is 19.2 Å². The molecule has 0 unspecified atom stereocenters. The van der Waals surface area contributed by atoms with Crippen molar-refractivity contribution in [2.45, 2.75) is 6.54 Å². The van der Waals surface area contributed by atoms with E-state index in [0.29, 0.717) is 6.54 Å². The smallest absolute Gasteiger partial charge is 0.350 e. The molecule has 11 heavy (non-hydrogen) atoms. The summed E-state index contributed by atoms with van der Waals surface area (Å²) < 4.78 is 1.56. The predicted molar refractivity (Wildman–Crippen MR) is 42.0 cm³/mol. The average Bonchev–Trinajstić information content (AvgIpc) is 2.34. The van der Waals surface area contributed by atoms with Gasteiger partial charge in [-0.2, -0.15) is 4.98 Å². The second kappa shape index (κ2) is 2.23. The van der Waals surface area contributed by atoms with Gasteiger partial charge in [-0.15, -0.1) is 0 Å². The molecule has 0 saturated carbocycles. The minimum atomic E-state index is -0.280. The molecule has 0 bridgehead atoms. The molecular weight excluding hydrogens is 166 g/mol. The molecule has 1 aromatic rings. The van der Waals surface area contributed by atoms with Gasteiger partial charge in [-0.3, -0.25) is 4.57 Å². The summed E-state index contributed by atoms with van der Waals surface area (Å²) in [5.41, 5.74) is -0.280. The molecule has 0 aromatic carbocycles. The van der Waals surface area contributed by atoms with Crippen molar-refractivity contribution in [2.24, 2.45) is 0 Å². The molecule has 1 N–H and O–H groups in total. The van der Waals surface area contributed by atoms with Crippen LogP contribution in [0.3, 0.4) is 0 Å². The average molecular weight is 172 g/mol. The largest absolute Gasteiger partial charge is 0.369 e. The predicted octanol–water partition coefficient (Wildman–Crippen LogP) is 0.322. The lowest BCUT2D eigenvalue weighted by Gasteiger charge is -1.99. The second-order valence-electron chi connectivity index (χ2n) is 2.33. The van der Waals surface area contributed by atoms with Crippen LogP contribution in [0, 0.1) is 0 Å². The van der Waals surface area contributed by atoms with E-state index in [0.717, 1.165) is 12.4 Å². The van der Waals surface area contributed by atoms with Gasteiger partial charge in [-0.1, -0.05) is 11.6 Å². The molecular formula is C6H6ClN3O. The molecule has 5 heteroatoms. The van der Waals surface area contributed by atoms with Gasteiger partial charge in [0.05, 0.1) is 0 Å². The summed E-state index contributed by atoms with van der Waals surface area (Å²) in [6, 6.07) is 1.65. The Bertz CT molecular complexity index is 346. The molecule has 0 spiro atoms. The lowest BCUT2D eigenvalue weighted by Crippen LogP contribution is -2.20. The van der Waals surface area contributed by atoms with Gasteiger partial charge in [0.1, 0.15) is 11.0 Å². The van der Waals surface area contributed by atoms with Crippen molar-refractivity contribution in [1.82, 2.24) is 9.55 Å². The number of hydrogen-bond acceptors (Lipinski definition) is 3. The zero-order valence-corrected chi connectivity index (χ0v) is 6.43. The van der Waals surface area contributed by atoms with Gasteiger partial charge in [0.15, 0.2) is 0 Å². The molecule has 1 aromatic heterocycles. The van der Waals surface area contributed by atoms with Crippen LogP contribution in [-0.2, 0) is 6.54 Å².